The van der Waals surface area contributed by atoms with Gasteiger partial charge >= 0.3 is 0 Å². The largest absolute Gasteiger partial charge is 0.274 e. The fourth-order valence-electron chi connectivity index (χ4n) is 1.28. The summed E-state index contributed by atoms with van der Waals surface area (Å²) in [6, 6.07) is 0.0926. The molecule has 0 aromatic carbocycles. The molecule has 1 saturated carbocycles. The van der Waals surface area contributed by atoms with Crippen molar-refractivity contribution in [2.24, 2.45) is 5.14 Å². The minimum Gasteiger partial charge on any atom is -0.216 e. The number of rotatable bonds is 2. The molecule has 0 aromatic rings. The molecule has 0 atom stereocenters. The third-order valence-corrected chi connectivity index (χ3v) is 2.35. The monoisotopic (exact) mass is 164 g/mol. The summed E-state index contributed by atoms with van der Waals surface area (Å²) < 4.78 is 23.3. The van der Waals surface area contributed by atoms with Gasteiger partial charge in [0.1, 0.15) is 0 Å². The summed E-state index contributed by atoms with van der Waals surface area (Å²) in [6.45, 7) is 0. The summed E-state index contributed by atoms with van der Waals surface area (Å²) in [6.07, 6.45) is 4.06. The predicted octanol–water partition coefficient (Wildman–Crippen LogP) is -0.278. The van der Waals surface area contributed by atoms with Gasteiger partial charge in [0.25, 0.3) is 10.2 Å². The highest BCUT2D eigenvalue weighted by Crippen LogP contribution is 2.17. The van der Waals surface area contributed by atoms with E-state index in [-0.39, 0.29) is 6.04 Å². The fraction of sp³-hybridized carbons (Fsp3) is 1.00. The maximum absolute atomic E-state index is 10.5. The Hall–Kier alpha value is -0.130. The van der Waals surface area contributed by atoms with Gasteiger partial charge in [-0.05, 0) is 12.8 Å². The van der Waals surface area contributed by atoms with Crippen molar-refractivity contribution in [2.45, 2.75) is 31.7 Å². The van der Waals surface area contributed by atoms with E-state index in [1.165, 1.54) is 0 Å². The zero-order chi connectivity index (χ0) is 7.61. The van der Waals surface area contributed by atoms with Crippen LogP contribution in [0.2, 0.25) is 0 Å². The predicted molar refractivity (Wildman–Crippen MR) is 38.5 cm³/mol. The van der Waals surface area contributed by atoms with Gasteiger partial charge in [0, 0.05) is 6.04 Å². The molecule has 5 heteroatoms. The van der Waals surface area contributed by atoms with Crippen LogP contribution in [0.1, 0.15) is 25.7 Å². The van der Waals surface area contributed by atoms with Gasteiger partial charge < -0.3 is 0 Å². The van der Waals surface area contributed by atoms with E-state index in [0.717, 1.165) is 25.7 Å². The lowest BCUT2D eigenvalue weighted by Crippen LogP contribution is -2.37. The molecule has 3 N–H and O–H groups in total. The van der Waals surface area contributed by atoms with Gasteiger partial charge in [-0.1, -0.05) is 12.8 Å². The van der Waals surface area contributed by atoms with Gasteiger partial charge in [0.05, 0.1) is 0 Å². The number of nitrogens with one attached hydrogen (secondary N) is 1. The van der Waals surface area contributed by atoms with E-state index in [4.69, 9.17) is 5.14 Å². The van der Waals surface area contributed by atoms with Gasteiger partial charge in [-0.25, -0.2) is 5.14 Å². The highest BCUT2D eigenvalue weighted by atomic mass is 32.2. The van der Waals surface area contributed by atoms with E-state index in [1.807, 2.05) is 0 Å². The zero-order valence-electron chi connectivity index (χ0n) is 5.71. The van der Waals surface area contributed by atoms with Gasteiger partial charge in [-0.3, -0.25) is 0 Å². The van der Waals surface area contributed by atoms with Crippen molar-refractivity contribution in [1.29, 1.82) is 0 Å². The van der Waals surface area contributed by atoms with Gasteiger partial charge in [-0.2, -0.15) is 13.1 Å². The minimum atomic E-state index is -3.46. The molecule has 60 valence electrons. The molecule has 1 fully saturated rings. The maximum Gasteiger partial charge on any atom is 0.274 e. The highest BCUT2D eigenvalue weighted by molar-refractivity contribution is 7.87. The summed E-state index contributed by atoms with van der Waals surface area (Å²) in [5, 5.41) is 4.78. The van der Waals surface area contributed by atoms with E-state index >= 15 is 0 Å². The molecule has 0 amide bonds. The van der Waals surface area contributed by atoms with Crippen LogP contribution >= 0.6 is 0 Å². The molecule has 0 heterocycles. The third kappa shape index (κ3) is 2.64. The van der Waals surface area contributed by atoms with Crippen molar-refractivity contribution in [2.75, 3.05) is 0 Å². The lowest BCUT2D eigenvalue weighted by molar-refractivity contribution is 0.554. The molecule has 0 aliphatic heterocycles. The molecule has 0 bridgehead atoms. The summed E-state index contributed by atoms with van der Waals surface area (Å²) in [7, 11) is -3.46. The Morgan fingerprint density at radius 3 is 2.20 bits per heavy atom. The van der Waals surface area contributed by atoms with Crippen molar-refractivity contribution >= 4 is 10.2 Å². The quantitative estimate of drug-likeness (QED) is 0.589. The van der Waals surface area contributed by atoms with Crippen LogP contribution in [0.15, 0.2) is 0 Å². The highest BCUT2D eigenvalue weighted by Gasteiger charge is 2.17. The second-order valence-electron chi connectivity index (χ2n) is 2.64. The Labute approximate surface area is 61.0 Å². The van der Waals surface area contributed by atoms with Gasteiger partial charge in [0.15, 0.2) is 0 Å². The average Bonchev–Trinajstić information content (AvgIpc) is 2.12. The van der Waals surface area contributed by atoms with E-state index < -0.39 is 10.2 Å². The van der Waals surface area contributed by atoms with Crippen molar-refractivity contribution < 1.29 is 8.42 Å². The van der Waals surface area contributed by atoms with Crippen LogP contribution in [0.5, 0.6) is 0 Å². The first-order chi connectivity index (χ1) is 4.58. The molecule has 1 rings (SSSR count). The molecule has 0 radical (unpaired) electrons. The van der Waals surface area contributed by atoms with Crippen molar-refractivity contribution in [3.63, 3.8) is 0 Å². The Bertz CT molecular complexity index is 194. The van der Waals surface area contributed by atoms with Crippen LogP contribution in [-0.4, -0.2) is 14.5 Å². The van der Waals surface area contributed by atoms with E-state index in [9.17, 15) is 8.42 Å². The Morgan fingerprint density at radius 1 is 1.30 bits per heavy atom. The molecular formula is C5H12N2O2S. The SMILES string of the molecule is NS(=O)(=O)NC1CCCC1. The van der Waals surface area contributed by atoms with Crippen molar-refractivity contribution in [3.8, 4) is 0 Å². The number of nitrogens with two attached hydrogens (primary N) is 1. The lowest BCUT2D eigenvalue weighted by atomic mass is 10.3. The molecule has 10 heavy (non-hydrogen) atoms. The lowest BCUT2D eigenvalue weighted by Gasteiger charge is -2.07. The molecule has 0 spiro atoms. The Kier molecular flexibility index (Phi) is 2.28. The molecule has 1 aliphatic rings. The Morgan fingerprint density at radius 2 is 1.80 bits per heavy atom. The second kappa shape index (κ2) is 2.86. The van der Waals surface area contributed by atoms with Gasteiger partial charge in [-0.15, -0.1) is 0 Å². The smallest absolute Gasteiger partial charge is 0.216 e. The summed E-state index contributed by atoms with van der Waals surface area (Å²) >= 11 is 0. The van der Waals surface area contributed by atoms with Crippen molar-refractivity contribution in [3.05, 3.63) is 0 Å². The minimum absolute atomic E-state index is 0.0926. The first-order valence-electron chi connectivity index (χ1n) is 3.38. The van der Waals surface area contributed by atoms with Crippen LogP contribution in [-0.2, 0) is 10.2 Å². The summed E-state index contributed by atoms with van der Waals surface area (Å²) in [4.78, 5) is 0. The van der Waals surface area contributed by atoms with Crippen LogP contribution in [0.4, 0.5) is 0 Å². The third-order valence-electron chi connectivity index (χ3n) is 1.69. The molecule has 0 saturated heterocycles. The van der Waals surface area contributed by atoms with E-state index in [0.29, 0.717) is 0 Å². The maximum atomic E-state index is 10.5. The standard InChI is InChI=1S/C5H12N2O2S/c6-10(8,9)7-5-3-1-2-4-5/h5,7H,1-4H2,(H2,6,8,9). The van der Waals surface area contributed by atoms with Crippen LogP contribution in [0, 0.1) is 0 Å². The summed E-state index contributed by atoms with van der Waals surface area (Å²) in [5.41, 5.74) is 0. The zero-order valence-corrected chi connectivity index (χ0v) is 6.52. The first kappa shape index (κ1) is 7.97. The van der Waals surface area contributed by atoms with Crippen LogP contribution in [0.25, 0.3) is 0 Å². The van der Waals surface area contributed by atoms with Crippen LogP contribution < -0.4 is 9.86 Å². The van der Waals surface area contributed by atoms with E-state index in [1.54, 1.807) is 0 Å². The topological polar surface area (TPSA) is 72.2 Å². The molecule has 0 unspecified atom stereocenters. The van der Waals surface area contributed by atoms with Gasteiger partial charge in [0.2, 0.25) is 0 Å². The number of hydrogen-bond donors (Lipinski definition) is 2. The van der Waals surface area contributed by atoms with Crippen molar-refractivity contribution in [1.82, 2.24) is 4.72 Å². The normalized spacial score (nSPS) is 21.7. The average molecular weight is 164 g/mol. The number of hydrogen-bond acceptors (Lipinski definition) is 2. The van der Waals surface area contributed by atoms with Crippen LogP contribution in [0.3, 0.4) is 0 Å². The molecule has 1 aliphatic carbocycles. The summed E-state index contributed by atoms with van der Waals surface area (Å²) in [5.74, 6) is 0. The molecule has 4 nitrogen and oxygen atoms in total. The molecule has 0 aromatic heterocycles. The second-order valence-corrected chi connectivity index (χ2v) is 3.97. The molecular weight excluding hydrogens is 152 g/mol. The fourth-order valence-corrected chi connectivity index (χ4v) is 1.98. The Balaban J connectivity index is 2.38. The first-order valence-corrected chi connectivity index (χ1v) is 4.92. The van der Waals surface area contributed by atoms with E-state index in [2.05, 4.69) is 4.72 Å².